The first-order chi connectivity index (χ1) is 11.1. The largest absolute Gasteiger partial charge is 0.372 e. The van der Waals surface area contributed by atoms with Crippen LogP contribution in [0, 0.1) is 11.8 Å². The van der Waals surface area contributed by atoms with E-state index in [0.29, 0.717) is 0 Å². The van der Waals surface area contributed by atoms with E-state index >= 15 is 0 Å². The van der Waals surface area contributed by atoms with Crippen molar-refractivity contribution in [2.45, 2.75) is 58.4 Å². The second-order valence-electron chi connectivity index (χ2n) is 7.47. The Morgan fingerprint density at radius 2 is 1.70 bits per heavy atom. The van der Waals surface area contributed by atoms with E-state index in [1.165, 1.54) is 36.9 Å². The number of rotatable bonds is 4. The van der Waals surface area contributed by atoms with Crippen LogP contribution in [-0.4, -0.2) is 19.0 Å². The van der Waals surface area contributed by atoms with E-state index in [1.54, 1.807) is 0 Å². The molecule has 0 radical (unpaired) electrons. The molecule has 2 fully saturated rings. The number of benzene rings is 1. The average Bonchev–Trinajstić information content (AvgIpc) is 3.10. The lowest BCUT2D eigenvalue weighted by Gasteiger charge is -2.32. The van der Waals surface area contributed by atoms with Crippen molar-refractivity contribution in [2.75, 3.05) is 18.0 Å². The summed E-state index contributed by atoms with van der Waals surface area (Å²) in [6.45, 7) is 6.75. The molecule has 1 heterocycles. The van der Waals surface area contributed by atoms with Crippen LogP contribution in [0.4, 0.5) is 5.69 Å². The van der Waals surface area contributed by atoms with Gasteiger partial charge in [0.05, 0.1) is 6.04 Å². The van der Waals surface area contributed by atoms with Gasteiger partial charge < -0.3 is 10.2 Å². The van der Waals surface area contributed by atoms with E-state index in [2.05, 4.69) is 48.3 Å². The minimum absolute atomic E-state index is 0.0959. The molecule has 1 saturated heterocycles. The highest BCUT2D eigenvalue weighted by Gasteiger charge is 2.24. The van der Waals surface area contributed by atoms with Gasteiger partial charge >= 0.3 is 0 Å². The molecule has 3 rings (SSSR count). The number of anilines is 1. The lowest BCUT2D eigenvalue weighted by molar-refractivity contribution is -0.125. The van der Waals surface area contributed by atoms with Crippen LogP contribution >= 0.6 is 0 Å². The molecule has 1 N–H and O–H groups in total. The van der Waals surface area contributed by atoms with E-state index < -0.39 is 0 Å². The van der Waals surface area contributed by atoms with E-state index in [-0.39, 0.29) is 17.9 Å². The van der Waals surface area contributed by atoms with Crippen molar-refractivity contribution in [2.24, 2.45) is 11.8 Å². The minimum Gasteiger partial charge on any atom is -0.372 e. The van der Waals surface area contributed by atoms with Gasteiger partial charge in [-0.1, -0.05) is 31.9 Å². The molecule has 0 spiro atoms. The molecule has 1 aromatic rings. The first-order valence-electron chi connectivity index (χ1n) is 9.29. The van der Waals surface area contributed by atoms with Gasteiger partial charge in [-0.3, -0.25) is 4.79 Å². The van der Waals surface area contributed by atoms with Gasteiger partial charge in [-0.05, 0) is 56.2 Å². The molecule has 23 heavy (non-hydrogen) atoms. The van der Waals surface area contributed by atoms with Crippen LogP contribution in [0.1, 0.15) is 64.0 Å². The number of nitrogens with zero attached hydrogens (tertiary/aromatic N) is 1. The summed E-state index contributed by atoms with van der Waals surface area (Å²) < 4.78 is 0. The SMILES string of the molecule is CC1CCN(c2ccc([C@@H](C)NC(=O)C3CCCC3)cc2)CC1. The van der Waals surface area contributed by atoms with Gasteiger partial charge in [0.25, 0.3) is 0 Å². The Morgan fingerprint density at radius 1 is 1.09 bits per heavy atom. The quantitative estimate of drug-likeness (QED) is 0.899. The fourth-order valence-electron chi connectivity index (χ4n) is 3.84. The van der Waals surface area contributed by atoms with Gasteiger partial charge in [-0.15, -0.1) is 0 Å². The standard InChI is InChI=1S/C20H30N2O/c1-15-11-13-22(14-12-15)19-9-7-17(8-10-19)16(2)21-20(23)18-5-3-4-6-18/h7-10,15-16,18H,3-6,11-14H2,1-2H3,(H,21,23)/t16-/m1/s1. The fraction of sp³-hybridized carbons (Fsp3) is 0.650. The summed E-state index contributed by atoms with van der Waals surface area (Å²) >= 11 is 0. The van der Waals surface area contributed by atoms with Crippen LogP contribution < -0.4 is 10.2 Å². The van der Waals surface area contributed by atoms with Crippen molar-refractivity contribution in [1.82, 2.24) is 5.32 Å². The number of amides is 1. The number of nitrogens with one attached hydrogen (secondary N) is 1. The van der Waals surface area contributed by atoms with Crippen molar-refractivity contribution in [1.29, 1.82) is 0 Å². The summed E-state index contributed by atoms with van der Waals surface area (Å²) in [6.07, 6.45) is 7.10. The maximum Gasteiger partial charge on any atom is 0.223 e. The van der Waals surface area contributed by atoms with Crippen molar-refractivity contribution >= 4 is 11.6 Å². The molecule has 0 aromatic heterocycles. The predicted octanol–water partition coefficient (Wildman–Crippen LogP) is 4.29. The first kappa shape index (κ1) is 16.4. The molecule has 1 atom stereocenters. The molecular weight excluding hydrogens is 284 g/mol. The topological polar surface area (TPSA) is 32.3 Å². The van der Waals surface area contributed by atoms with Gasteiger partial charge in [0, 0.05) is 24.7 Å². The van der Waals surface area contributed by atoms with Gasteiger partial charge in [0.15, 0.2) is 0 Å². The van der Waals surface area contributed by atoms with Crippen molar-refractivity contribution < 1.29 is 4.79 Å². The summed E-state index contributed by atoms with van der Waals surface area (Å²) in [7, 11) is 0. The van der Waals surface area contributed by atoms with Gasteiger partial charge in [-0.25, -0.2) is 0 Å². The zero-order chi connectivity index (χ0) is 16.2. The Bertz CT molecular complexity index is 511. The monoisotopic (exact) mass is 314 g/mol. The Morgan fingerprint density at radius 3 is 2.30 bits per heavy atom. The van der Waals surface area contributed by atoms with Crippen LogP contribution in [0.3, 0.4) is 0 Å². The number of hydrogen-bond donors (Lipinski definition) is 1. The summed E-state index contributed by atoms with van der Waals surface area (Å²) in [5.41, 5.74) is 2.51. The normalized spacial score (nSPS) is 21.4. The lowest BCUT2D eigenvalue weighted by atomic mass is 9.98. The molecule has 3 heteroatoms. The van der Waals surface area contributed by atoms with Gasteiger partial charge in [0.1, 0.15) is 0 Å². The molecule has 0 unspecified atom stereocenters. The van der Waals surface area contributed by atoms with Crippen LogP contribution in [0.2, 0.25) is 0 Å². The van der Waals surface area contributed by atoms with E-state index in [0.717, 1.165) is 31.8 Å². The number of hydrogen-bond acceptors (Lipinski definition) is 2. The lowest BCUT2D eigenvalue weighted by Crippen LogP contribution is -2.33. The Kier molecular flexibility index (Phi) is 5.24. The molecular formula is C20H30N2O. The maximum atomic E-state index is 12.3. The maximum absolute atomic E-state index is 12.3. The average molecular weight is 314 g/mol. The molecule has 3 nitrogen and oxygen atoms in total. The Hall–Kier alpha value is -1.51. The van der Waals surface area contributed by atoms with Gasteiger partial charge in [-0.2, -0.15) is 0 Å². The highest BCUT2D eigenvalue weighted by Crippen LogP contribution is 2.27. The molecule has 1 saturated carbocycles. The van der Waals surface area contributed by atoms with Crippen LogP contribution in [0.5, 0.6) is 0 Å². The second-order valence-corrected chi connectivity index (χ2v) is 7.47. The molecule has 1 aliphatic heterocycles. The fourth-order valence-corrected chi connectivity index (χ4v) is 3.84. The third-order valence-electron chi connectivity index (χ3n) is 5.63. The third kappa shape index (κ3) is 4.07. The van der Waals surface area contributed by atoms with E-state index in [1.807, 2.05) is 0 Å². The molecule has 0 bridgehead atoms. The molecule has 126 valence electrons. The number of carbonyl (C=O) groups is 1. The predicted molar refractivity (Wildman–Crippen MR) is 95.6 cm³/mol. The number of carbonyl (C=O) groups excluding carboxylic acids is 1. The highest BCUT2D eigenvalue weighted by molar-refractivity contribution is 5.79. The van der Waals surface area contributed by atoms with E-state index in [4.69, 9.17) is 0 Å². The summed E-state index contributed by atoms with van der Waals surface area (Å²) in [5, 5.41) is 3.19. The van der Waals surface area contributed by atoms with Crippen LogP contribution in [-0.2, 0) is 4.79 Å². The van der Waals surface area contributed by atoms with Crippen molar-refractivity contribution in [3.8, 4) is 0 Å². The molecule has 2 aliphatic rings. The molecule has 1 amide bonds. The van der Waals surface area contributed by atoms with Gasteiger partial charge in [0.2, 0.25) is 5.91 Å². The minimum atomic E-state index is 0.0959. The van der Waals surface area contributed by atoms with Crippen molar-refractivity contribution in [3.05, 3.63) is 29.8 Å². The zero-order valence-corrected chi connectivity index (χ0v) is 14.6. The summed E-state index contributed by atoms with van der Waals surface area (Å²) in [4.78, 5) is 14.7. The number of piperidine rings is 1. The van der Waals surface area contributed by atoms with E-state index in [9.17, 15) is 4.79 Å². The highest BCUT2D eigenvalue weighted by atomic mass is 16.1. The Labute approximate surface area is 140 Å². The molecule has 1 aromatic carbocycles. The summed E-state index contributed by atoms with van der Waals surface area (Å²) in [5.74, 6) is 1.34. The smallest absolute Gasteiger partial charge is 0.223 e. The molecule has 1 aliphatic carbocycles. The third-order valence-corrected chi connectivity index (χ3v) is 5.63. The van der Waals surface area contributed by atoms with Crippen LogP contribution in [0.15, 0.2) is 24.3 Å². The van der Waals surface area contributed by atoms with Crippen LogP contribution in [0.25, 0.3) is 0 Å². The zero-order valence-electron chi connectivity index (χ0n) is 14.6. The van der Waals surface area contributed by atoms with Crippen molar-refractivity contribution in [3.63, 3.8) is 0 Å². The second kappa shape index (κ2) is 7.37. The first-order valence-corrected chi connectivity index (χ1v) is 9.29. The Balaban J connectivity index is 1.56. The summed E-state index contributed by atoms with van der Waals surface area (Å²) in [6, 6.07) is 8.87.